The molecule has 1 fully saturated rings. The summed E-state index contributed by atoms with van der Waals surface area (Å²) in [5.74, 6) is 0.427. The van der Waals surface area contributed by atoms with Crippen molar-refractivity contribution in [2.45, 2.75) is 38.3 Å². The van der Waals surface area contributed by atoms with Gasteiger partial charge < -0.3 is 24.5 Å². The number of nitrogens with one attached hydrogen (secondary N) is 1. The van der Waals surface area contributed by atoms with E-state index in [1.165, 1.54) is 12.8 Å². The van der Waals surface area contributed by atoms with E-state index in [1.54, 1.807) is 37.8 Å². The first-order valence-corrected chi connectivity index (χ1v) is 10.1. The Labute approximate surface area is 175 Å². The standard InChI is InChI=1S/C23H25N3O4/c1-29-21-10-9-19(12-22(21)30-20-7-2-3-8-20)26(14-17-13-24-15-25-17)18-6-4-5-16(11-18)23(27)28/h4-6,9-13,15,20H,2-3,7-8,14H2,1H3,(H,24,25)(H,27,28). The van der Waals surface area contributed by atoms with E-state index in [2.05, 4.69) is 9.97 Å². The maximum absolute atomic E-state index is 11.5. The van der Waals surface area contributed by atoms with Gasteiger partial charge in [-0.05, 0) is 56.0 Å². The number of imidazole rings is 1. The highest BCUT2D eigenvalue weighted by Crippen LogP contribution is 2.37. The van der Waals surface area contributed by atoms with Crippen molar-refractivity contribution in [2.24, 2.45) is 0 Å². The van der Waals surface area contributed by atoms with Crippen molar-refractivity contribution in [3.63, 3.8) is 0 Å². The molecule has 1 aliphatic rings. The molecule has 156 valence electrons. The Morgan fingerprint density at radius 3 is 2.67 bits per heavy atom. The lowest BCUT2D eigenvalue weighted by Gasteiger charge is -2.26. The molecule has 3 aromatic rings. The second-order valence-electron chi connectivity index (χ2n) is 7.38. The molecule has 1 aliphatic carbocycles. The highest BCUT2D eigenvalue weighted by atomic mass is 16.5. The highest BCUT2D eigenvalue weighted by molar-refractivity contribution is 5.89. The van der Waals surface area contributed by atoms with Crippen molar-refractivity contribution in [2.75, 3.05) is 12.0 Å². The normalized spacial score (nSPS) is 13.9. The van der Waals surface area contributed by atoms with Crippen molar-refractivity contribution in [1.29, 1.82) is 0 Å². The van der Waals surface area contributed by atoms with E-state index >= 15 is 0 Å². The molecule has 0 radical (unpaired) electrons. The van der Waals surface area contributed by atoms with Gasteiger partial charge in [-0.3, -0.25) is 0 Å². The smallest absolute Gasteiger partial charge is 0.335 e. The number of hydrogen-bond donors (Lipinski definition) is 2. The van der Waals surface area contributed by atoms with Gasteiger partial charge in [-0.2, -0.15) is 0 Å². The highest BCUT2D eigenvalue weighted by Gasteiger charge is 2.20. The molecule has 1 heterocycles. The zero-order chi connectivity index (χ0) is 20.9. The molecule has 0 bridgehead atoms. The van der Waals surface area contributed by atoms with Crippen molar-refractivity contribution in [3.8, 4) is 11.5 Å². The molecule has 7 nitrogen and oxygen atoms in total. The van der Waals surface area contributed by atoms with Gasteiger partial charge in [0.1, 0.15) is 0 Å². The molecule has 0 aliphatic heterocycles. The first-order valence-electron chi connectivity index (χ1n) is 10.1. The number of methoxy groups -OCH3 is 1. The summed E-state index contributed by atoms with van der Waals surface area (Å²) < 4.78 is 11.8. The van der Waals surface area contributed by atoms with Gasteiger partial charge in [0.25, 0.3) is 0 Å². The van der Waals surface area contributed by atoms with Crippen LogP contribution < -0.4 is 14.4 Å². The third-order valence-electron chi connectivity index (χ3n) is 5.34. The van der Waals surface area contributed by atoms with Crippen LogP contribution >= 0.6 is 0 Å². The van der Waals surface area contributed by atoms with Crippen molar-refractivity contribution in [3.05, 3.63) is 66.2 Å². The summed E-state index contributed by atoms with van der Waals surface area (Å²) >= 11 is 0. The molecular weight excluding hydrogens is 382 g/mol. The molecular formula is C23H25N3O4. The Bertz CT molecular complexity index is 997. The van der Waals surface area contributed by atoms with Crippen LogP contribution in [-0.4, -0.2) is 34.3 Å². The van der Waals surface area contributed by atoms with Crippen LogP contribution in [-0.2, 0) is 6.54 Å². The third kappa shape index (κ3) is 4.40. The average Bonchev–Trinajstić information content (AvgIpc) is 3.46. The minimum Gasteiger partial charge on any atom is -0.493 e. The number of carboxylic acids is 1. The number of rotatable bonds is 8. The summed E-state index contributed by atoms with van der Waals surface area (Å²) in [4.78, 5) is 20.7. The maximum Gasteiger partial charge on any atom is 0.335 e. The lowest BCUT2D eigenvalue weighted by molar-refractivity contribution is 0.0697. The molecule has 0 saturated heterocycles. The number of ether oxygens (including phenoxy) is 2. The van der Waals surface area contributed by atoms with Crippen molar-refractivity contribution in [1.82, 2.24) is 9.97 Å². The summed E-state index contributed by atoms with van der Waals surface area (Å²) in [6, 6.07) is 12.7. The molecule has 1 saturated carbocycles. The fourth-order valence-electron chi connectivity index (χ4n) is 3.79. The number of aromatic carboxylic acids is 1. The number of carboxylic acid groups (broad SMARTS) is 1. The average molecular weight is 407 g/mol. The first kappa shape index (κ1) is 19.8. The van der Waals surface area contributed by atoms with E-state index in [9.17, 15) is 9.90 Å². The van der Waals surface area contributed by atoms with E-state index in [-0.39, 0.29) is 11.7 Å². The number of carbonyl (C=O) groups is 1. The van der Waals surface area contributed by atoms with Gasteiger partial charge in [0.05, 0.1) is 37.3 Å². The van der Waals surface area contributed by atoms with Gasteiger partial charge in [-0.1, -0.05) is 6.07 Å². The molecule has 0 atom stereocenters. The van der Waals surface area contributed by atoms with Crippen LogP contribution in [0.1, 0.15) is 41.7 Å². The van der Waals surface area contributed by atoms with E-state index in [0.29, 0.717) is 18.0 Å². The molecule has 1 aromatic heterocycles. The molecule has 7 heteroatoms. The van der Waals surface area contributed by atoms with Gasteiger partial charge in [0, 0.05) is 23.6 Å². The number of anilines is 2. The molecule has 0 amide bonds. The number of aromatic amines is 1. The summed E-state index contributed by atoms with van der Waals surface area (Å²) in [6.07, 6.45) is 8.04. The number of hydrogen-bond acceptors (Lipinski definition) is 5. The predicted octanol–water partition coefficient (Wildman–Crippen LogP) is 4.78. The lowest BCUT2D eigenvalue weighted by atomic mass is 10.1. The largest absolute Gasteiger partial charge is 0.493 e. The summed E-state index contributed by atoms with van der Waals surface area (Å²) in [5.41, 5.74) is 2.78. The van der Waals surface area contributed by atoms with Crippen LogP contribution in [0, 0.1) is 0 Å². The molecule has 0 unspecified atom stereocenters. The summed E-state index contributed by atoms with van der Waals surface area (Å²) in [7, 11) is 1.63. The van der Waals surface area contributed by atoms with Crippen molar-refractivity contribution < 1.29 is 19.4 Å². The van der Waals surface area contributed by atoms with Crippen LogP contribution in [0.4, 0.5) is 11.4 Å². The lowest BCUT2D eigenvalue weighted by Crippen LogP contribution is -2.18. The Kier molecular flexibility index (Phi) is 5.88. The van der Waals surface area contributed by atoms with E-state index in [0.717, 1.165) is 29.9 Å². The van der Waals surface area contributed by atoms with Crippen LogP contribution in [0.15, 0.2) is 55.0 Å². The zero-order valence-electron chi connectivity index (χ0n) is 16.9. The number of benzene rings is 2. The van der Waals surface area contributed by atoms with Gasteiger partial charge in [-0.15, -0.1) is 0 Å². The van der Waals surface area contributed by atoms with Gasteiger partial charge in [0.15, 0.2) is 11.5 Å². The zero-order valence-corrected chi connectivity index (χ0v) is 16.9. The number of H-pyrrole nitrogens is 1. The maximum atomic E-state index is 11.5. The Balaban J connectivity index is 1.72. The van der Waals surface area contributed by atoms with Crippen LogP contribution in [0.3, 0.4) is 0 Å². The quantitative estimate of drug-likeness (QED) is 0.559. The second kappa shape index (κ2) is 8.90. The topological polar surface area (TPSA) is 87.7 Å². The Morgan fingerprint density at radius 2 is 1.97 bits per heavy atom. The fourth-order valence-corrected chi connectivity index (χ4v) is 3.79. The fraction of sp³-hybridized carbons (Fsp3) is 0.304. The van der Waals surface area contributed by atoms with E-state index < -0.39 is 5.97 Å². The molecule has 0 spiro atoms. The molecule has 4 rings (SSSR count). The third-order valence-corrected chi connectivity index (χ3v) is 5.34. The van der Waals surface area contributed by atoms with Gasteiger partial charge in [0.2, 0.25) is 0 Å². The summed E-state index contributed by atoms with van der Waals surface area (Å²) in [6.45, 7) is 0.498. The van der Waals surface area contributed by atoms with Gasteiger partial charge in [-0.25, -0.2) is 9.78 Å². The first-order chi connectivity index (χ1) is 14.6. The van der Waals surface area contributed by atoms with Crippen LogP contribution in [0.5, 0.6) is 11.5 Å². The Morgan fingerprint density at radius 1 is 1.17 bits per heavy atom. The molecule has 2 aromatic carbocycles. The molecule has 2 N–H and O–H groups in total. The minimum atomic E-state index is -0.960. The summed E-state index contributed by atoms with van der Waals surface area (Å²) in [5, 5.41) is 9.42. The van der Waals surface area contributed by atoms with E-state index in [1.807, 2.05) is 29.2 Å². The van der Waals surface area contributed by atoms with Gasteiger partial charge >= 0.3 is 5.97 Å². The number of nitrogens with zero attached hydrogens (tertiary/aromatic N) is 2. The second-order valence-corrected chi connectivity index (χ2v) is 7.38. The SMILES string of the molecule is COc1ccc(N(Cc2cnc[nH]2)c2cccc(C(=O)O)c2)cc1OC1CCCC1. The molecule has 30 heavy (non-hydrogen) atoms. The minimum absolute atomic E-state index is 0.200. The van der Waals surface area contributed by atoms with E-state index in [4.69, 9.17) is 9.47 Å². The van der Waals surface area contributed by atoms with Crippen molar-refractivity contribution >= 4 is 17.3 Å². The predicted molar refractivity (Wildman–Crippen MR) is 114 cm³/mol. The van der Waals surface area contributed by atoms with Crippen LogP contribution in [0.2, 0.25) is 0 Å². The van der Waals surface area contributed by atoms with Crippen LogP contribution in [0.25, 0.3) is 0 Å². The monoisotopic (exact) mass is 407 g/mol. The Hall–Kier alpha value is -3.48. The number of aromatic nitrogens is 2.